The highest BCUT2D eigenvalue weighted by molar-refractivity contribution is 5.85. The average Bonchev–Trinajstić information content (AvgIpc) is 2.49. The molecule has 1 fully saturated rings. The third-order valence-corrected chi connectivity index (χ3v) is 4.13. The Bertz CT molecular complexity index is 453. The number of hydrogen-bond donors (Lipinski definition) is 1. The zero-order chi connectivity index (χ0) is 13.7. The van der Waals surface area contributed by atoms with Gasteiger partial charge in [-0.25, -0.2) is 0 Å². The first-order valence-electron chi connectivity index (χ1n) is 7.21. The van der Waals surface area contributed by atoms with Crippen molar-refractivity contribution in [1.82, 2.24) is 10.2 Å². The summed E-state index contributed by atoms with van der Waals surface area (Å²) in [6.07, 6.45) is 1.13. The van der Waals surface area contributed by atoms with E-state index in [4.69, 9.17) is 0 Å². The van der Waals surface area contributed by atoms with Crippen molar-refractivity contribution in [3.05, 3.63) is 35.4 Å². The molecule has 118 valence electrons. The maximum absolute atomic E-state index is 9.34. The van der Waals surface area contributed by atoms with E-state index in [1.807, 2.05) is 18.2 Å². The molecule has 1 aliphatic heterocycles. The lowest BCUT2D eigenvalue weighted by atomic mass is 9.88. The molecule has 1 aromatic rings. The minimum atomic E-state index is 0. The topological polar surface area (TPSA) is 39.1 Å². The molecule has 1 unspecified atom stereocenters. The van der Waals surface area contributed by atoms with Gasteiger partial charge >= 0.3 is 0 Å². The summed E-state index contributed by atoms with van der Waals surface area (Å²) in [5.74, 6) is 0.563. The van der Waals surface area contributed by atoms with Crippen molar-refractivity contribution in [2.24, 2.45) is 5.92 Å². The van der Waals surface area contributed by atoms with Crippen molar-refractivity contribution >= 4 is 24.8 Å². The summed E-state index contributed by atoms with van der Waals surface area (Å²) in [6, 6.07) is 10.8. The van der Waals surface area contributed by atoms with Crippen LogP contribution < -0.4 is 5.32 Å². The molecule has 0 amide bonds. The Balaban J connectivity index is 0.00000200. The van der Waals surface area contributed by atoms with Crippen molar-refractivity contribution in [3.63, 3.8) is 0 Å². The zero-order valence-electron chi connectivity index (χ0n) is 12.7. The smallest absolute Gasteiger partial charge is 0.0995 e. The van der Waals surface area contributed by atoms with Crippen LogP contribution in [0.5, 0.6) is 0 Å². The van der Waals surface area contributed by atoms with Gasteiger partial charge in [-0.2, -0.15) is 5.26 Å². The molecule has 0 aromatic heterocycles. The van der Waals surface area contributed by atoms with E-state index >= 15 is 0 Å². The van der Waals surface area contributed by atoms with E-state index in [9.17, 15) is 5.26 Å². The maximum atomic E-state index is 9.34. The molecular formula is C16H25Cl2N3. The summed E-state index contributed by atoms with van der Waals surface area (Å²) in [4.78, 5) is 2.53. The van der Waals surface area contributed by atoms with E-state index in [1.54, 1.807) is 0 Å². The highest BCUT2D eigenvalue weighted by atomic mass is 35.5. The number of halogens is 2. The van der Waals surface area contributed by atoms with Crippen molar-refractivity contribution < 1.29 is 0 Å². The van der Waals surface area contributed by atoms with Crippen LogP contribution >= 0.6 is 24.8 Å². The van der Waals surface area contributed by atoms with Crippen LogP contribution in [0, 0.1) is 17.2 Å². The summed E-state index contributed by atoms with van der Waals surface area (Å²) in [7, 11) is 0. The molecule has 0 aliphatic carbocycles. The second kappa shape index (κ2) is 10.0. The van der Waals surface area contributed by atoms with Gasteiger partial charge in [-0.05, 0) is 17.5 Å². The van der Waals surface area contributed by atoms with Crippen LogP contribution in [0.1, 0.15) is 37.4 Å². The van der Waals surface area contributed by atoms with Crippen molar-refractivity contribution in [1.29, 1.82) is 5.26 Å². The fourth-order valence-electron chi connectivity index (χ4n) is 2.90. The number of hydrogen-bond acceptors (Lipinski definition) is 3. The van der Waals surface area contributed by atoms with Crippen LogP contribution in [-0.4, -0.2) is 31.1 Å². The molecule has 0 spiro atoms. The summed E-state index contributed by atoms with van der Waals surface area (Å²) in [5.41, 5.74) is 2.02. The van der Waals surface area contributed by atoms with Crippen molar-refractivity contribution in [2.45, 2.75) is 26.3 Å². The summed E-state index contributed by atoms with van der Waals surface area (Å²) < 4.78 is 0. The van der Waals surface area contributed by atoms with Crippen LogP contribution in [-0.2, 0) is 0 Å². The molecular weight excluding hydrogens is 305 g/mol. The molecule has 0 saturated carbocycles. The minimum absolute atomic E-state index is 0. The van der Waals surface area contributed by atoms with Gasteiger partial charge < -0.3 is 5.32 Å². The van der Waals surface area contributed by atoms with E-state index in [-0.39, 0.29) is 24.8 Å². The van der Waals surface area contributed by atoms with Crippen molar-refractivity contribution in [2.75, 3.05) is 26.2 Å². The largest absolute Gasteiger partial charge is 0.314 e. The number of nitrogens with zero attached hydrogens (tertiary/aromatic N) is 2. The molecule has 1 N–H and O–H groups in total. The molecule has 0 bridgehead atoms. The maximum Gasteiger partial charge on any atom is 0.0995 e. The van der Waals surface area contributed by atoms with Crippen LogP contribution in [0.3, 0.4) is 0 Å². The lowest BCUT2D eigenvalue weighted by Gasteiger charge is -2.38. The standard InChI is InChI=1S/C16H23N3.2ClH/c1-3-13(2)16(19-10-8-18-9-11-19)15-7-5-4-6-14(15)12-17;;/h4-7,13,16,18H,3,8-11H2,1-2H3;2*1H/t13?,16-;;/m0../s1. The normalized spacial score (nSPS) is 17.8. The highest BCUT2D eigenvalue weighted by Crippen LogP contribution is 2.32. The van der Waals surface area contributed by atoms with Gasteiger partial charge in [0.15, 0.2) is 0 Å². The first kappa shape index (κ1) is 20.2. The molecule has 0 radical (unpaired) electrons. The Labute approximate surface area is 140 Å². The molecule has 1 heterocycles. The van der Waals surface area contributed by atoms with Crippen LogP contribution in [0.4, 0.5) is 0 Å². The molecule has 1 aromatic carbocycles. The summed E-state index contributed by atoms with van der Waals surface area (Å²) in [6.45, 7) is 8.74. The molecule has 1 saturated heterocycles. The van der Waals surface area contributed by atoms with Gasteiger partial charge in [0.05, 0.1) is 11.6 Å². The summed E-state index contributed by atoms with van der Waals surface area (Å²) in [5, 5.41) is 12.7. The minimum Gasteiger partial charge on any atom is -0.314 e. The lowest BCUT2D eigenvalue weighted by molar-refractivity contribution is 0.128. The monoisotopic (exact) mass is 329 g/mol. The quantitative estimate of drug-likeness (QED) is 0.920. The van der Waals surface area contributed by atoms with Gasteiger partial charge in [0, 0.05) is 32.2 Å². The predicted molar refractivity (Wildman–Crippen MR) is 92.3 cm³/mol. The SMILES string of the molecule is CCC(C)[C@@H](c1ccccc1C#N)N1CCNCC1.Cl.Cl. The first-order valence-corrected chi connectivity index (χ1v) is 7.21. The van der Waals surface area contributed by atoms with Crippen LogP contribution in [0.2, 0.25) is 0 Å². The number of rotatable bonds is 4. The number of benzene rings is 1. The van der Waals surface area contributed by atoms with Gasteiger partial charge in [-0.1, -0.05) is 38.5 Å². The lowest BCUT2D eigenvalue weighted by Crippen LogP contribution is -2.46. The Morgan fingerprint density at radius 3 is 2.43 bits per heavy atom. The molecule has 2 atom stereocenters. The number of piperazine rings is 1. The number of nitrogens with one attached hydrogen (secondary N) is 1. The first-order chi connectivity index (χ1) is 9.27. The van der Waals surface area contributed by atoms with Crippen LogP contribution in [0.15, 0.2) is 24.3 Å². The van der Waals surface area contributed by atoms with Crippen molar-refractivity contribution in [3.8, 4) is 6.07 Å². The van der Waals surface area contributed by atoms with Gasteiger partial charge in [0.2, 0.25) is 0 Å². The fourth-order valence-corrected chi connectivity index (χ4v) is 2.90. The second-order valence-electron chi connectivity index (χ2n) is 5.32. The van der Waals surface area contributed by atoms with E-state index in [2.05, 4.69) is 36.2 Å². The van der Waals surface area contributed by atoms with Gasteiger partial charge in [0.25, 0.3) is 0 Å². The third kappa shape index (κ3) is 4.86. The van der Waals surface area contributed by atoms with E-state index in [0.29, 0.717) is 12.0 Å². The number of nitriles is 1. The van der Waals surface area contributed by atoms with Crippen LogP contribution in [0.25, 0.3) is 0 Å². The Morgan fingerprint density at radius 2 is 1.86 bits per heavy atom. The average molecular weight is 330 g/mol. The second-order valence-corrected chi connectivity index (χ2v) is 5.32. The van der Waals surface area contributed by atoms with E-state index in [1.165, 1.54) is 5.56 Å². The third-order valence-electron chi connectivity index (χ3n) is 4.13. The van der Waals surface area contributed by atoms with Gasteiger partial charge in [-0.15, -0.1) is 24.8 Å². The highest BCUT2D eigenvalue weighted by Gasteiger charge is 2.27. The van der Waals surface area contributed by atoms with E-state index < -0.39 is 0 Å². The molecule has 3 nitrogen and oxygen atoms in total. The predicted octanol–water partition coefficient (Wildman–Crippen LogP) is 3.39. The Kier molecular flexibility index (Phi) is 9.65. The molecule has 5 heteroatoms. The molecule has 1 aliphatic rings. The Hall–Kier alpha value is -0.790. The molecule has 2 rings (SSSR count). The van der Waals surface area contributed by atoms with E-state index in [0.717, 1.165) is 38.2 Å². The fraction of sp³-hybridized carbons (Fsp3) is 0.562. The molecule has 21 heavy (non-hydrogen) atoms. The Morgan fingerprint density at radius 1 is 1.24 bits per heavy atom. The van der Waals surface area contributed by atoms with Gasteiger partial charge in [-0.3, -0.25) is 4.90 Å². The van der Waals surface area contributed by atoms with Gasteiger partial charge in [0.1, 0.15) is 0 Å². The summed E-state index contributed by atoms with van der Waals surface area (Å²) >= 11 is 0. The zero-order valence-corrected chi connectivity index (χ0v) is 14.3.